The lowest BCUT2D eigenvalue weighted by molar-refractivity contribution is -0.117. The van der Waals surface area contributed by atoms with Gasteiger partial charge in [-0.1, -0.05) is 12.1 Å². The van der Waals surface area contributed by atoms with Crippen LogP contribution in [0.25, 0.3) is 27.9 Å². The summed E-state index contributed by atoms with van der Waals surface area (Å²) in [5, 5.41) is 8.49. The zero-order valence-corrected chi connectivity index (χ0v) is 18.2. The summed E-state index contributed by atoms with van der Waals surface area (Å²) in [5.41, 5.74) is 12.5. The number of nitrogens with one attached hydrogen (secondary N) is 3. The van der Waals surface area contributed by atoms with Crippen molar-refractivity contribution in [2.24, 2.45) is 5.73 Å². The van der Waals surface area contributed by atoms with E-state index in [0.717, 1.165) is 33.4 Å². The van der Waals surface area contributed by atoms with Crippen LogP contribution in [0.15, 0.2) is 42.6 Å². The third-order valence-electron chi connectivity index (χ3n) is 5.37. The first kappa shape index (κ1) is 21.1. The normalized spacial score (nSPS) is 11.0. The molecular formula is C23H25N7O2. The Morgan fingerprint density at radius 1 is 1.09 bits per heavy atom. The summed E-state index contributed by atoms with van der Waals surface area (Å²) in [5.74, 6) is 0.210. The summed E-state index contributed by atoms with van der Waals surface area (Å²) in [7, 11) is 1.57. The molecule has 0 unspecified atom stereocenters. The lowest BCUT2D eigenvalue weighted by Gasteiger charge is -2.13. The van der Waals surface area contributed by atoms with Crippen molar-refractivity contribution in [3.05, 3.63) is 53.7 Å². The van der Waals surface area contributed by atoms with E-state index in [0.29, 0.717) is 23.7 Å². The third kappa shape index (κ3) is 4.04. The number of rotatable bonds is 6. The van der Waals surface area contributed by atoms with Gasteiger partial charge in [0.15, 0.2) is 11.5 Å². The number of aryl methyl sites for hydroxylation is 2. The number of aromatic nitrogens is 3. The van der Waals surface area contributed by atoms with Crippen molar-refractivity contribution >= 4 is 40.1 Å². The first-order valence-corrected chi connectivity index (χ1v) is 10.3. The van der Waals surface area contributed by atoms with Crippen LogP contribution in [-0.2, 0) is 4.79 Å². The maximum absolute atomic E-state index is 11.6. The van der Waals surface area contributed by atoms with E-state index in [1.807, 2.05) is 37.3 Å². The predicted octanol–water partition coefficient (Wildman–Crippen LogP) is 3.20. The topological polar surface area (TPSA) is 126 Å². The highest BCUT2D eigenvalue weighted by Crippen LogP contribution is 2.30. The van der Waals surface area contributed by atoms with Crippen LogP contribution >= 0.6 is 0 Å². The average molecular weight is 432 g/mol. The van der Waals surface area contributed by atoms with Gasteiger partial charge in [-0.3, -0.25) is 9.20 Å². The molecule has 9 heteroatoms. The molecule has 0 aliphatic carbocycles. The second kappa shape index (κ2) is 8.54. The fourth-order valence-corrected chi connectivity index (χ4v) is 3.53. The number of anilines is 2. The van der Waals surface area contributed by atoms with Crippen molar-refractivity contribution in [3.8, 4) is 11.3 Å². The number of nitrogens with two attached hydrogens (primary N) is 1. The minimum absolute atomic E-state index is 0.201. The molecule has 3 amide bonds. The van der Waals surface area contributed by atoms with Crippen LogP contribution < -0.4 is 21.7 Å². The van der Waals surface area contributed by atoms with Gasteiger partial charge in [-0.25, -0.2) is 14.8 Å². The molecule has 4 rings (SSSR count). The van der Waals surface area contributed by atoms with Gasteiger partial charge in [0.25, 0.3) is 0 Å². The Kier molecular flexibility index (Phi) is 5.63. The maximum atomic E-state index is 11.6. The Balaban J connectivity index is 1.84. The summed E-state index contributed by atoms with van der Waals surface area (Å²) < 4.78 is 2.06. The van der Waals surface area contributed by atoms with Gasteiger partial charge in [-0.15, -0.1) is 0 Å². The Labute approximate surface area is 185 Å². The van der Waals surface area contributed by atoms with E-state index in [9.17, 15) is 9.59 Å². The van der Waals surface area contributed by atoms with Gasteiger partial charge in [0.05, 0.1) is 22.9 Å². The molecule has 2 heterocycles. The number of amides is 3. The summed E-state index contributed by atoms with van der Waals surface area (Å²) in [4.78, 5) is 32.1. The number of carbonyl (C=O) groups excluding carboxylic acids is 2. The molecule has 0 saturated heterocycles. The summed E-state index contributed by atoms with van der Waals surface area (Å²) in [6.07, 6.45) is 2.00. The van der Waals surface area contributed by atoms with Crippen molar-refractivity contribution < 1.29 is 9.59 Å². The van der Waals surface area contributed by atoms with Gasteiger partial charge in [0.1, 0.15) is 0 Å². The van der Waals surface area contributed by atoms with Crippen molar-refractivity contribution in [1.29, 1.82) is 0 Å². The summed E-state index contributed by atoms with van der Waals surface area (Å²) in [6, 6.07) is 11.4. The largest absolute Gasteiger partial charge is 0.370 e. The van der Waals surface area contributed by atoms with Gasteiger partial charge in [-0.05, 0) is 49.2 Å². The molecular weight excluding hydrogens is 406 g/mol. The molecule has 2 aromatic carbocycles. The van der Waals surface area contributed by atoms with Crippen LogP contribution in [0.2, 0.25) is 0 Å². The number of fused-ring (bicyclic) bond motifs is 3. The predicted molar refractivity (Wildman–Crippen MR) is 126 cm³/mol. The van der Waals surface area contributed by atoms with Crippen molar-refractivity contribution in [1.82, 2.24) is 19.7 Å². The van der Waals surface area contributed by atoms with Crippen molar-refractivity contribution in [3.63, 3.8) is 0 Å². The van der Waals surface area contributed by atoms with Gasteiger partial charge >= 0.3 is 6.03 Å². The lowest BCUT2D eigenvalue weighted by Crippen LogP contribution is -2.24. The molecule has 0 fully saturated rings. The molecule has 0 saturated carbocycles. The molecule has 0 bridgehead atoms. The molecule has 9 nitrogen and oxygen atoms in total. The number of benzene rings is 2. The number of urea groups is 1. The average Bonchev–Trinajstić information content (AvgIpc) is 3.21. The van der Waals surface area contributed by atoms with Gasteiger partial charge < -0.3 is 21.7 Å². The molecule has 0 atom stereocenters. The molecule has 0 radical (unpaired) electrons. The standard InChI is InChI=1S/C23H25N7O2/c1-13-10-17-18(11-14(13)2)30-19(15-4-6-16(7-5-15)28-23(32)25-3)12-27-22(30)21(29-17)26-9-8-20(24)31/h4-7,10-12H,8-9H2,1-3H3,(H2,24,31)(H,26,29)(H2,25,28,32). The molecule has 32 heavy (non-hydrogen) atoms. The molecule has 0 aliphatic heterocycles. The molecule has 5 N–H and O–H groups in total. The van der Waals surface area contributed by atoms with E-state index in [4.69, 9.17) is 10.7 Å². The SMILES string of the molecule is CNC(=O)Nc1ccc(-c2cnc3c(NCCC(N)=O)nc4cc(C)c(C)cc4n23)cc1. The highest BCUT2D eigenvalue weighted by molar-refractivity contribution is 5.90. The fourth-order valence-electron chi connectivity index (χ4n) is 3.53. The first-order valence-electron chi connectivity index (χ1n) is 10.3. The molecule has 0 spiro atoms. The fraction of sp³-hybridized carbons (Fsp3) is 0.217. The number of imidazole rings is 1. The summed E-state index contributed by atoms with van der Waals surface area (Å²) >= 11 is 0. The molecule has 164 valence electrons. The quantitative estimate of drug-likeness (QED) is 0.373. The Morgan fingerprint density at radius 3 is 2.50 bits per heavy atom. The Bertz CT molecular complexity index is 1330. The molecule has 4 aromatic rings. The highest BCUT2D eigenvalue weighted by atomic mass is 16.2. The van der Waals surface area contributed by atoms with E-state index >= 15 is 0 Å². The number of hydrogen-bond acceptors (Lipinski definition) is 5. The third-order valence-corrected chi connectivity index (χ3v) is 5.37. The molecule has 2 aromatic heterocycles. The zero-order chi connectivity index (χ0) is 22.8. The van der Waals surface area contributed by atoms with E-state index in [-0.39, 0.29) is 18.4 Å². The van der Waals surface area contributed by atoms with Gasteiger partial charge in [0, 0.05) is 31.3 Å². The molecule has 0 aliphatic rings. The Morgan fingerprint density at radius 2 is 1.81 bits per heavy atom. The maximum Gasteiger partial charge on any atom is 0.318 e. The smallest absolute Gasteiger partial charge is 0.318 e. The van der Waals surface area contributed by atoms with E-state index in [1.54, 1.807) is 13.2 Å². The van der Waals surface area contributed by atoms with E-state index < -0.39 is 0 Å². The highest BCUT2D eigenvalue weighted by Gasteiger charge is 2.16. The Hall–Kier alpha value is -4.14. The lowest BCUT2D eigenvalue weighted by atomic mass is 10.1. The number of carbonyl (C=O) groups is 2. The van der Waals surface area contributed by atoms with Crippen molar-refractivity contribution in [2.45, 2.75) is 20.3 Å². The first-order chi connectivity index (χ1) is 15.4. The van der Waals surface area contributed by atoms with Crippen LogP contribution in [0.4, 0.5) is 16.3 Å². The van der Waals surface area contributed by atoms with Gasteiger partial charge in [-0.2, -0.15) is 0 Å². The summed E-state index contributed by atoms with van der Waals surface area (Å²) in [6.45, 7) is 4.49. The van der Waals surface area contributed by atoms with Crippen LogP contribution in [0, 0.1) is 13.8 Å². The van der Waals surface area contributed by atoms with Crippen LogP contribution in [0.1, 0.15) is 17.5 Å². The number of hydrogen-bond donors (Lipinski definition) is 4. The number of primary amides is 1. The minimum atomic E-state index is -0.379. The van der Waals surface area contributed by atoms with E-state index in [1.165, 1.54) is 0 Å². The minimum Gasteiger partial charge on any atom is -0.370 e. The van der Waals surface area contributed by atoms with Crippen LogP contribution in [-0.4, -0.2) is 39.9 Å². The number of nitrogens with zero attached hydrogens (tertiary/aromatic N) is 3. The monoisotopic (exact) mass is 431 g/mol. The van der Waals surface area contributed by atoms with Crippen molar-refractivity contribution in [2.75, 3.05) is 24.2 Å². The second-order valence-electron chi connectivity index (χ2n) is 7.61. The van der Waals surface area contributed by atoms with Gasteiger partial charge in [0.2, 0.25) is 5.91 Å². The van der Waals surface area contributed by atoms with Crippen LogP contribution in [0.3, 0.4) is 0 Å². The van der Waals surface area contributed by atoms with E-state index in [2.05, 4.69) is 38.3 Å². The van der Waals surface area contributed by atoms with Crippen LogP contribution in [0.5, 0.6) is 0 Å². The zero-order valence-electron chi connectivity index (χ0n) is 18.2. The second-order valence-corrected chi connectivity index (χ2v) is 7.61.